The minimum atomic E-state index is 0.730. The van der Waals surface area contributed by atoms with Gasteiger partial charge in [-0.05, 0) is 155 Å². The molecule has 0 bridgehead atoms. The summed E-state index contributed by atoms with van der Waals surface area (Å²) in [5.41, 5.74) is 33.5. The first kappa shape index (κ1) is 78.8. The van der Waals surface area contributed by atoms with Gasteiger partial charge in [0.25, 0.3) is 0 Å². The highest BCUT2D eigenvalue weighted by atomic mass is 32.1. The Bertz CT molecular complexity index is 8110. The van der Waals surface area contributed by atoms with Crippen LogP contribution < -0.4 is 0 Å². The quantitative estimate of drug-likeness (QED) is 0.102. The molecule has 0 radical (unpaired) electrons. The lowest BCUT2D eigenvalue weighted by Gasteiger charge is -2.12. The molecule has 24 rings (SSSR count). The van der Waals surface area contributed by atoms with Gasteiger partial charge in [0.1, 0.15) is 0 Å². The molecule has 606 valence electrons. The second-order valence-corrected chi connectivity index (χ2v) is 35.1. The summed E-state index contributed by atoms with van der Waals surface area (Å²) in [6.07, 6.45) is 0. The third-order valence-electron chi connectivity index (χ3n) is 23.7. The Morgan fingerprint density at radius 1 is 0.132 bits per heavy atom. The van der Waals surface area contributed by atoms with Crippen LogP contribution in [0.4, 0.5) is 0 Å². The van der Waals surface area contributed by atoms with Crippen molar-refractivity contribution < 1.29 is 0 Å². The fourth-order valence-corrected chi connectivity index (χ4v) is 20.7. The first-order valence-electron chi connectivity index (χ1n) is 43.3. The highest BCUT2D eigenvalue weighted by molar-refractivity contribution is 7.27. The Morgan fingerprint density at radius 2 is 0.349 bits per heavy atom. The van der Waals surface area contributed by atoms with Crippen molar-refractivity contribution in [3.05, 3.63) is 473 Å². The Labute approximate surface area is 760 Å². The van der Waals surface area contributed by atoms with Gasteiger partial charge in [0, 0.05) is 63.6 Å². The molecule has 6 nitrogen and oxygen atoms in total. The van der Waals surface area contributed by atoms with Gasteiger partial charge in [0.2, 0.25) is 0 Å². The Kier molecular flexibility index (Phi) is 21.7. The van der Waals surface area contributed by atoms with Crippen LogP contribution in [-0.4, -0.2) is 29.9 Å². The third-order valence-corrected chi connectivity index (χ3v) is 27.2. The van der Waals surface area contributed by atoms with E-state index in [2.05, 4.69) is 467 Å². The molecule has 6 heterocycles. The maximum Gasteiger partial charge on any atom is 0.160 e. The fourth-order valence-electron chi connectivity index (χ4n) is 17.2. The van der Waals surface area contributed by atoms with Gasteiger partial charge in [-0.15, -0.1) is 34.0 Å². The zero-order valence-electron chi connectivity index (χ0n) is 69.9. The first-order chi connectivity index (χ1) is 63.9. The van der Waals surface area contributed by atoms with Crippen molar-refractivity contribution in [3.63, 3.8) is 0 Å². The number of benzene rings is 18. The van der Waals surface area contributed by atoms with E-state index in [0.717, 1.165) is 121 Å². The van der Waals surface area contributed by atoms with Crippen LogP contribution in [0.1, 0.15) is 0 Å². The molecule has 0 saturated carbocycles. The van der Waals surface area contributed by atoms with Crippen LogP contribution in [0.15, 0.2) is 473 Å². The second-order valence-electron chi connectivity index (χ2n) is 31.9. The molecule has 0 aliphatic heterocycles. The van der Waals surface area contributed by atoms with E-state index >= 15 is 0 Å². The molecule has 129 heavy (non-hydrogen) atoms. The summed E-state index contributed by atoms with van der Waals surface area (Å²) in [4.78, 5) is 31.4. The average Bonchev–Trinajstić information content (AvgIpc) is 1.63. The largest absolute Gasteiger partial charge is 0.226 e. The third kappa shape index (κ3) is 16.3. The summed E-state index contributed by atoms with van der Waals surface area (Å²) in [5.74, 6) is 2.20. The molecular weight excluding hydrogens is 1620 g/mol. The van der Waals surface area contributed by atoms with Crippen molar-refractivity contribution in [1.82, 2.24) is 29.9 Å². The fraction of sp³-hybridized carbons (Fsp3) is 0. The van der Waals surface area contributed by atoms with E-state index in [-0.39, 0.29) is 0 Å². The average molecular weight is 1700 g/mol. The van der Waals surface area contributed by atoms with Crippen LogP contribution in [0.3, 0.4) is 0 Å². The van der Waals surface area contributed by atoms with Crippen LogP contribution >= 0.6 is 34.0 Å². The maximum atomic E-state index is 5.31. The Hall–Kier alpha value is -16.1. The predicted molar refractivity (Wildman–Crippen MR) is 546 cm³/mol. The van der Waals surface area contributed by atoms with Gasteiger partial charge in [-0.1, -0.05) is 419 Å². The van der Waals surface area contributed by atoms with Crippen LogP contribution in [-0.2, 0) is 0 Å². The van der Waals surface area contributed by atoms with E-state index in [1.165, 1.54) is 108 Å². The minimum absolute atomic E-state index is 0.730. The molecule has 9 heteroatoms. The molecule has 0 N–H and O–H groups in total. The van der Waals surface area contributed by atoms with Crippen LogP contribution in [0, 0.1) is 0 Å². The number of fused-ring (bicyclic) bond motifs is 9. The van der Waals surface area contributed by atoms with E-state index in [4.69, 9.17) is 29.9 Å². The van der Waals surface area contributed by atoms with E-state index in [9.17, 15) is 0 Å². The van der Waals surface area contributed by atoms with E-state index in [0.29, 0.717) is 0 Å². The molecule has 0 saturated heterocycles. The van der Waals surface area contributed by atoms with Crippen molar-refractivity contribution in [2.75, 3.05) is 0 Å². The summed E-state index contributed by atoms with van der Waals surface area (Å²) in [7, 11) is 0. The standard InChI is InChI=1S/3C40H26N2S/c1-4-12-27(13-5-1)30-20-22-31(23-21-30)37-39-38(35-18-10-11-19-36(35)43-39)42-40(41-37)34-25-32(28-14-6-2-7-15-28)24-33(26-34)29-16-8-3-9-17-29;1-3-12-27(13-4-1)29-16-9-18-31(24-29)32-19-11-21-34(26-32)40-41-37(39-38(42-40)35-22-7-8-23-36(35)43-39)33-20-10-17-30(25-33)28-14-5-2-6-15-28;1-3-11-27(12-4-1)28-19-25-32(26-20-28)40-41-37(39-38(42-40)35-17-9-10-18-36(35)43-39)31-23-21-30(22-24-31)34-16-8-7-15-33(34)29-13-5-2-6-14-29/h3*1-26H. The first-order valence-corrected chi connectivity index (χ1v) is 45.7. The highest BCUT2D eigenvalue weighted by Crippen LogP contribution is 2.46. The molecule has 0 aliphatic carbocycles. The van der Waals surface area contributed by atoms with E-state index in [1.807, 2.05) is 6.07 Å². The lowest BCUT2D eigenvalue weighted by atomic mass is 9.94. The normalized spacial score (nSPS) is 11.3. The van der Waals surface area contributed by atoms with Gasteiger partial charge in [-0.25, -0.2) is 29.9 Å². The summed E-state index contributed by atoms with van der Waals surface area (Å²) >= 11 is 5.29. The smallest absolute Gasteiger partial charge is 0.160 e. The number of hydrogen-bond acceptors (Lipinski definition) is 9. The Balaban J connectivity index is 0.000000114. The molecule has 0 unspecified atom stereocenters. The van der Waals surface area contributed by atoms with Crippen molar-refractivity contribution in [3.8, 4) is 168 Å². The van der Waals surface area contributed by atoms with Crippen molar-refractivity contribution in [2.45, 2.75) is 0 Å². The maximum absolute atomic E-state index is 5.31. The summed E-state index contributed by atoms with van der Waals surface area (Å²) in [6.45, 7) is 0. The summed E-state index contributed by atoms with van der Waals surface area (Å²) in [6, 6.07) is 167. The van der Waals surface area contributed by atoms with Gasteiger partial charge >= 0.3 is 0 Å². The predicted octanol–water partition coefficient (Wildman–Crippen LogP) is 33.5. The monoisotopic (exact) mass is 1700 g/mol. The zero-order chi connectivity index (χ0) is 85.8. The number of thiophene rings is 3. The number of nitrogens with zero attached hydrogens (tertiary/aromatic N) is 6. The molecular formula is C120H78N6S3. The number of aromatic nitrogens is 6. The van der Waals surface area contributed by atoms with Crippen molar-refractivity contribution in [1.29, 1.82) is 0 Å². The van der Waals surface area contributed by atoms with Gasteiger partial charge in [-0.3, -0.25) is 0 Å². The summed E-state index contributed by atoms with van der Waals surface area (Å²) in [5, 5.41) is 3.50. The van der Waals surface area contributed by atoms with Crippen LogP contribution in [0.25, 0.3) is 229 Å². The van der Waals surface area contributed by atoms with Gasteiger partial charge in [0.15, 0.2) is 17.5 Å². The van der Waals surface area contributed by atoms with Gasteiger partial charge in [0.05, 0.1) is 47.7 Å². The van der Waals surface area contributed by atoms with Crippen molar-refractivity contribution in [2.24, 2.45) is 0 Å². The molecule has 0 fully saturated rings. The molecule has 0 spiro atoms. The molecule has 0 atom stereocenters. The number of hydrogen-bond donors (Lipinski definition) is 0. The molecule has 0 aliphatic rings. The second kappa shape index (κ2) is 35.5. The Morgan fingerprint density at radius 3 is 0.736 bits per heavy atom. The highest BCUT2D eigenvalue weighted by Gasteiger charge is 2.23. The van der Waals surface area contributed by atoms with Crippen LogP contribution in [0.2, 0.25) is 0 Å². The molecule has 24 aromatic rings. The van der Waals surface area contributed by atoms with Gasteiger partial charge in [-0.2, -0.15) is 0 Å². The minimum Gasteiger partial charge on any atom is -0.226 e. The number of rotatable bonds is 15. The molecule has 0 amide bonds. The van der Waals surface area contributed by atoms with E-state index in [1.54, 1.807) is 34.0 Å². The van der Waals surface area contributed by atoms with Crippen molar-refractivity contribution >= 4 is 94.9 Å². The zero-order valence-corrected chi connectivity index (χ0v) is 72.4. The van der Waals surface area contributed by atoms with E-state index < -0.39 is 0 Å². The SMILES string of the molecule is c1ccc(-c2ccc(-c3nc(-c4cc(-c5ccccc5)cc(-c5ccccc5)c4)nc4c3sc3ccccc34)cc2)cc1.c1ccc(-c2ccc(-c3nc(-c4ccc(-c5ccccc5-c5ccccc5)cc4)c4sc5ccccc5c4n3)cc2)cc1.c1ccc(-c2cccc(-c3cccc(-c4nc(-c5cccc(-c6ccccc6)c5)c5sc6ccccc6c5n4)c3)c2)cc1. The summed E-state index contributed by atoms with van der Waals surface area (Å²) < 4.78 is 6.99. The molecule has 6 aromatic heterocycles. The lowest BCUT2D eigenvalue weighted by Crippen LogP contribution is -1.95. The van der Waals surface area contributed by atoms with Crippen LogP contribution in [0.5, 0.6) is 0 Å². The topological polar surface area (TPSA) is 77.3 Å². The lowest BCUT2D eigenvalue weighted by molar-refractivity contribution is 1.24. The van der Waals surface area contributed by atoms with Gasteiger partial charge < -0.3 is 0 Å². The molecule has 18 aromatic carbocycles.